The number of aromatic nitrogens is 2. The molecule has 0 spiro atoms. The van der Waals surface area contributed by atoms with Gasteiger partial charge in [-0.15, -0.1) is 12.3 Å². The summed E-state index contributed by atoms with van der Waals surface area (Å²) in [5, 5.41) is 2.76. The molecule has 0 aliphatic rings. The van der Waals surface area contributed by atoms with Crippen molar-refractivity contribution in [3.63, 3.8) is 0 Å². The molecular weight excluding hydrogens is 202 g/mol. The zero-order valence-electron chi connectivity index (χ0n) is 7.33. The minimum atomic E-state index is -0.217. The van der Waals surface area contributed by atoms with E-state index in [0.717, 1.165) is 0 Å². The van der Waals surface area contributed by atoms with Crippen LogP contribution in [0.5, 0.6) is 0 Å². The number of hydrogen-bond donors (Lipinski definition) is 1. The Kier molecular flexibility index (Phi) is 3.89. The summed E-state index contributed by atoms with van der Waals surface area (Å²) in [7, 11) is 0. The van der Waals surface area contributed by atoms with Crippen LogP contribution < -0.4 is 5.32 Å². The molecule has 0 atom stereocenters. The normalized spacial score (nSPS) is 9.14. The Bertz CT molecular complexity index is 373. The molecule has 72 valence electrons. The molecule has 0 fully saturated rings. The van der Waals surface area contributed by atoms with Crippen molar-refractivity contribution in [1.82, 2.24) is 9.97 Å². The van der Waals surface area contributed by atoms with E-state index in [1.807, 2.05) is 0 Å². The molecule has 0 unspecified atom stereocenters. The first-order valence-corrected chi connectivity index (χ1v) is 4.32. The van der Waals surface area contributed by atoms with E-state index < -0.39 is 0 Å². The Morgan fingerprint density at radius 1 is 1.71 bits per heavy atom. The van der Waals surface area contributed by atoms with Gasteiger partial charge >= 0.3 is 0 Å². The highest BCUT2D eigenvalue weighted by Gasteiger charge is 2.03. The van der Waals surface area contributed by atoms with E-state index in [1.165, 1.54) is 12.3 Å². The van der Waals surface area contributed by atoms with Crippen LogP contribution in [0.15, 0.2) is 12.3 Å². The molecule has 0 saturated carbocycles. The summed E-state index contributed by atoms with van der Waals surface area (Å²) in [4.78, 5) is 18.8. The summed E-state index contributed by atoms with van der Waals surface area (Å²) in [6, 6.07) is 1.53. The molecule has 0 aliphatic carbocycles. The van der Waals surface area contributed by atoms with Crippen molar-refractivity contribution in [3.8, 4) is 12.3 Å². The van der Waals surface area contributed by atoms with Crippen LogP contribution in [0.2, 0.25) is 5.15 Å². The molecule has 0 saturated heterocycles. The smallest absolute Gasteiger partial charge is 0.230 e. The predicted molar refractivity (Wildman–Crippen MR) is 53.7 cm³/mol. The van der Waals surface area contributed by atoms with Crippen molar-refractivity contribution >= 4 is 23.5 Å². The molecule has 4 nitrogen and oxygen atoms in total. The van der Waals surface area contributed by atoms with Crippen molar-refractivity contribution in [2.24, 2.45) is 0 Å². The van der Waals surface area contributed by atoms with Crippen LogP contribution in [0.3, 0.4) is 0 Å². The van der Waals surface area contributed by atoms with Gasteiger partial charge in [-0.2, -0.15) is 0 Å². The fourth-order valence-corrected chi connectivity index (χ4v) is 0.906. The Labute approximate surface area is 86.7 Å². The highest BCUT2D eigenvalue weighted by molar-refractivity contribution is 6.29. The maximum Gasteiger partial charge on any atom is 0.230 e. The van der Waals surface area contributed by atoms with Crippen LogP contribution in [-0.2, 0) is 4.79 Å². The second-order valence-electron chi connectivity index (χ2n) is 2.46. The highest BCUT2D eigenvalue weighted by atomic mass is 35.5. The van der Waals surface area contributed by atoms with Crippen LogP contribution in [-0.4, -0.2) is 15.9 Å². The van der Waals surface area contributed by atoms with Gasteiger partial charge < -0.3 is 0 Å². The van der Waals surface area contributed by atoms with E-state index in [4.69, 9.17) is 18.0 Å². The van der Waals surface area contributed by atoms with Crippen molar-refractivity contribution in [3.05, 3.63) is 17.4 Å². The van der Waals surface area contributed by atoms with Crippen molar-refractivity contribution < 1.29 is 4.79 Å². The number of rotatable bonds is 3. The second kappa shape index (κ2) is 5.20. The fraction of sp³-hybridized carbons (Fsp3) is 0.222. The molecule has 0 aliphatic heterocycles. The Morgan fingerprint density at radius 2 is 2.50 bits per heavy atom. The van der Waals surface area contributed by atoms with Gasteiger partial charge in [-0.3, -0.25) is 10.1 Å². The fourth-order valence-electron chi connectivity index (χ4n) is 0.770. The van der Waals surface area contributed by atoms with Gasteiger partial charge in [-0.05, 0) is 6.07 Å². The quantitative estimate of drug-likeness (QED) is 0.606. The lowest BCUT2D eigenvalue weighted by molar-refractivity contribution is -0.116. The first kappa shape index (κ1) is 10.5. The molecule has 5 heteroatoms. The number of nitrogens with zero attached hydrogens (tertiary/aromatic N) is 2. The van der Waals surface area contributed by atoms with Crippen molar-refractivity contribution in [2.75, 3.05) is 5.32 Å². The van der Waals surface area contributed by atoms with Gasteiger partial charge in [0.15, 0.2) is 0 Å². The van der Waals surface area contributed by atoms with E-state index in [-0.39, 0.29) is 23.4 Å². The molecule has 1 amide bonds. The third kappa shape index (κ3) is 3.42. The Balaban J connectivity index is 2.53. The SMILES string of the molecule is C#CCCC(=O)Nc1nccc(Cl)n1. The number of terminal acetylenes is 1. The molecule has 14 heavy (non-hydrogen) atoms. The lowest BCUT2D eigenvalue weighted by Gasteiger charge is -2.00. The maximum absolute atomic E-state index is 11.2. The summed E-state index contributed by atoms with van der Waals surface area (Å²) in [5.41, 5.74) is 0. The Hall–Kier alpha value is -1.60. The minimum absolute atomic E-state index is 0.194. The average molecular weight is 210 g/mol. The maximum atomic E-state index is 11.2. The molecule has 0 radical (unpaired) electrons. The molecule has 1 aromatic rings. The number of nitrogens with one attached hydrogen (secondary N) is 1. The molecule has 0 aromatic carbocycles. The van der Waals surface area contributed by atoms with Gasteiger partial charge in [0, 0.05) is 19.0 Å². The standard InChI is InChI=1S/C9H8ClN3O/c1-2-3-4-8(14)13-9-11-6-5-7(10)12-9/h1,5-6H,3-4H2,(H,11,12,13,14). The molecule has 1 aromatic heterocycles. The molecule has 1 heterocycles. The van der Waals surface area contributed by atoms with Gasteiger partial charge in [0.1, 0.15) is 5.15 Å². The topological polar surface area (TPSA) is 54.9 Å². The summed E-state index contributed by atoms with van der Waals surface area (Å²) >= 11 is 5.60. The number of carbonyl (C=O) groups excluding carboxylic acids is 1. The number of halogens is 1. The lowest BCUT2D eigenvalue weighted by atomic mass is 10.3. The first-order chi connectivity index (χ1) is 6.72. The van der Waals surface area contributed by atoms with E-state index in [2.05, 4.69) is 21.2 Å². The van der Waals surface area contributed by atoms with Gasteiger partial charge in [0.25, 0.3) is 0 Å². The van der Waals surface area contributed by atoms with Crippen molar-refractivity contribution in [2.45, 2.75) is 12.8 Å². The number of amides is 1. The van der Waals surface area contributed by atoms with Gasteiger partial charge in [0.2, 0.25) is 11.9 Å². The van der Waals surface area contributed by atoms with Crippen LogP contribution in [0.1, 0.15) is 12.8 Å². The summed E-state index contributed by atoms with van der Waals surface area (Å²) < 4.78 is 0. The molecular formula is C9H8ClN3O. The first-order valence-electron chi connectivity index (χ1n) is 3.94. The summed E-state index contributed by atoms with van der Waals surface area (Å²) in [5.74, 6) is 2.34. The van der Waals surface area contributed by atoms with Crippen LogP contribution in [0.4, 0.5) is 5.95 Å². The number of anilines is 1. The van der Waals surface area contributed by atoms with Crippen molar-refractivity contribution in [1.29, 1.82) is 0 Å². The van der Waals surface area contributed by atoms with E-state index >= 15 is 0 Å². The zero-order valence-corrected chi connectivity index (χ0v) is 8.08. The van der Waals surface area contributed by atoms with E-state index in [9.17, 15) is 4.79 Å². The van der Waals surface area contributed by atoms with Crippen LogP contribution in [0, 0.1) is 12.3 Å². The van der Waals surface area contributed by atoms with E-state index in [0.29, 0.717) is 6.42 Å². The zero-order chi connectivity index (χ0) is 10.4. The molecule has 1 rings (SSSR count). The molecule has 0 bridgehead atoms. The average Bonchev–Trinajstić information content (AvgIpc) is 2.15. The second-order valence-corrected chi connectivity index (χ2v) is 2.84. The third-order valence-corrected chi connectivity index (χ3v) is 1.58. The minimum Gasteiger partial charge on any atom is -0.294 e. The van der Waals surface area contributed by atoms with Gasteiger partial charge in [0.05, 0.1) is 0 Å². The highest BCUT2D eigenvalue weighted by Crippen LogP contribution is 2.05. The molecule has 1 N–H and O–H groups in total. The number of hydrogen-bond acceptors (Lipinski definition) is 3. The number of carbonyl (C=O) groups is 1. The van der Waals surface area contributed by atoms with Crippen LogP contribution in [0.25, 0.3) is 0 Å². The largest absolute Gasteiger partial charge is 0.294 e. The predicted octanol–water partition coefficient (Wildman–Crippen LogP) is 1.48. The monoisotopic (exact) mass is 209 g/mol. The van der Waals surface area contributed by atoms with Gasteiger partial charge in [-0.1, -0.05) is 11.6 Å². The lowest BCUT2D eigenvalue weighted by Crippen LogP contribution is -2.13. The van der Waals surface area contributed by atoms with E-state index in [1.54, 1.807) is 0 Å². The van der Waals surface area contributed by atoms with Gasteiger partial charge in [-0.25, -0.2) is 9.97 Å². The van der Waals surface area contributed by atoms with Crippen LogP contribution >= 0.6 is 11.6 Å². The summed E-state index contributed by atoms with van der Waals surface area (Å²) in [6.45, 7) is 0. The third-order valence-electron chi connectivity index (χ3n) is 1.37. The summed E-state index contributed by atoms with van der Waals surface area (Å²) in [6.07, 6.45) is 7.13. The Morgan fingerprint density at radius 3 is 3.14 bits per heavy atom.